The predicted molar refractivity (Wildman–Crippen MR) is 168 cm³/mol. The predicted octanol–water partition coefficient (Wildman–Crippen LogP) is -2.60. The minimum absolute atomic E-state index is 0.0466. The molecule has 4 heterocycles. The Balaban J connectivity index is 1.29. The van der Waals surface area contributed by atoms with Crippen molar-refractivity contribution in [1.29, 1.82) is 0 Å². The summed E-state index contributed by atoms with van der Waals surface area (Å²) < 4.78 is 39.8. The van der Waals surface area contributed by atoms with Gasteiger partial charge in [-0.2, -0.15) is 0 Å². The van der Waals surface area contributed by atoms with Crippen LogP contribution in [0, 0.1) is 0 Å². The molecule has 0 amide bonds. The molecule has 0 aliphatic carbocycles. The smallest absolute Gasteiger partial charge is 0.235 e. The molecule has 0 bridgehead atoms. The average Bonchev–Trinajstić information content (AvgIpc) is 3.11. The van der Waals surface area contributed by atoms with E-state index in [4.69, 9.17) is 32.8 Å². The number of hydrogen-bond donors (Lipinski definition) is 10. The maximum atomic E-state index is 14.0. The Labute approximate surface area is 288 Å². The van der Waals surface area contributed by atoms with Crippen LogP contribution in [0.4, 0.5) is 0 Å². The molecule has 15 atom stereocenters. The molecule has 0 radical (unpaired) electrons. The van der Waals surface area contributed by atoms with Gasteiger partial charge in [-0.05, 0) is 50.2 Å². The van der Waals surface area contributed by atoms with Crippen LogP contribution >= 0.6 is 0 Å². The van der Waals surface area contributed by atoms with E-state index in [0.29, 0.717) is 0 Å². The monoisotopic (exact) mass is 724 g/mol. The number of rotatable bonds is 8. The van der Waals surface area contributed by atoms with Crippen LogP contribution in [0.15, 0.2) is 51.7 Å². The van der Waals surface area contributed by atoms with E-state index < -0.39 is 110 Å². The number of fused-ring (bicyclic) bond motifs is 1. The van der Waals surface area contributed by atoms with Gasteiger partial charge in [-0.15, -0.1) is 0 Å². The van der Waals surface area contributed by atoms with E-state index in [1.165, 1.54) is 56.3 Å². The Kier molecular flexibility index (Phi) is 10.9. The lowest BCUT2D eigenvalue weighted by Crippen LogP contribution is -2.61. The second-order valence-corrected chi connectivity index (χ2v) is 12.7. The molecule has 3 saturated heterocycles. The number of hydrogen-bond acceptors (Lipinski definition) is 18. The van der Waals surface area contributed by atoms with Crippen molar-refractivity contribution in [2.75, 3.05) is 6.61 Å². The van der Waals surface area contributed by atoms with Crippen molar-refractivity contribution in [2.45, 2.75) is 106 Å². The van der Waals surface area contributed by atoms with Crippen molar-refractivity contribution in [1.82, 2.24) is 0 Å². The normalized spacial score (nSPS) is 38.8. The molecule has 18 heteroatoms. The third kappa shape index (κ3) is 7.29. The van der Waals surface area contributed by atoms with Crippen LogP contribution in [0.1, 0.15) is 13.8 Å². The molecule has 0 spiro atoms. The first-order valence-corrected chi connectivity index (χ1v) is 16.1. The molecule has 3 aromatic rings. The highest BCUT2D eigenvalue weighted by molar-refractivity contribution is 5.83. The van der Waals surface area contributed by atoms with Crippen LogP contribution in [-0.2, 0) is 18.9 Å². The summed E-state index contributed by atoms with van der Waals surface area (Å²) in [5.41, 5.74) is -0.614. The zero-order valence-corrected chi connectivity index (χ0v) is 27.1. The summed E-state index contributed by atoms with van der Waals surface area (Å²) in [7, 11) is 0. The number of aliphatic hydroxyl groups excluding tert-OH is 9. The van der Waals surface area contributed by atoms with Crippen molar-refractivity contribution in [2.24, 2.45) is 0 Å². The van der Waals surface area contributed by atoms with Crippen LogP contribution in [-0.4, -0.2) is 150 Å². The van der Waals surface area contributed by atoms with Crippen molar-refractivity contribution >= 4 is 11.0 Å². The number of benzene rings is 2. The van der Waals surface area contributed by atoms with E-state index in [2.05, 4.69) is 0 Å². The van der Waals surface area contributed by atoms with Crippen LogP contribution in [0.25, 0.3) is 22.3 Å². The maximum absolute atomic E-state index is 14.0. The summed E-state index contributed by atoms with van der Waals surface area (Å²) in [5.74, 6) is -0.772. The topological polar surface area (TPSA) is 288 Å². The van der Waals surface area contributed by atoms with Crippen LogP contribution in [0.3, 0.4) is 0 Å². The fourth-order valence-corrected chi connectivity index (χ4v) is 5.99. The summed E-state index contributed by atoms with van der Waals surface area (Å²) >= 11 is 0. The third-order valence-corrected chi connectivity index (χ3v) is 9.15. The van der Waals surface area contributed by atoms with Gasteiger partial charge in [-0.1, -0.05) is 0 Å². The average molecular weight is 725 g/mol. The maximum Gasteiger partial charge on any atom is 0.235 e. The Bertz CT molecular complexity index is 1720. The minimum Gasteiger partial charge on any atom is -0.508 e. The Morgan fingerprint density at radius 3 is 1.80 bits per heavy atom. The summed E-state index contributed by atoms with van der Waals surface area (Å²) in [5, 5.41) is 103. The Hall–Kier alpha value is -3.47. The highest BCUT2D eigenvalue weighted by Gasteiger charge is 2.48. The zero-order chi connectivity index (χ0) is 36.9. The van der Waals surface area contributed by atoms with Gasteiger partial charge in [0, 0.05) is 11.6 Å². The lowest BCUT2D eigenvalue weighted by molar-refractivity contribution is -0.318. The molecule has 3 aliphatic heterocycles. The molecule has 51 heavy (non-hydrogen) atoms. The molecule has 6 rings (SSSR count). The number of ether oxygens (including phenoxy) is 6. The Morgan fingerprint density at radius 2 is 1.18 bits per heavy atom. The van der Waals surface area contributed by atoms with Gasteiger partial charge >= 0.3 is 0 Å². The fourth-order valence-electron chi connectivity index (χ4n) is 5.99. The van der Waals surface area contributed by atoms with Crippen molar-refractivity contribution in [3.8, 4) is 28.6 Å². The third-order valence-electron chi connectivity index (χ3n) is 9.15. The van der Waals surface area contributed by atoms with Gasteiger partial charge in [0.1, 0.15) is 78.1 Å². The van der Waals surface area contributed by atoms with Gasteiger partial charge < -0.3 is 83.9 Å². The summed E-state index contributed by atoms with van der Waals surface area (Å²) in [6.45, 7) is 2.35. The van der Waals surface area contributed by atoms with Crippen LogP contribution in [0.2, 0.25) is 0 Å². The van der Waals surface area contributed by atoms with E-state index in [0.717, 1.165) is 0 Å². The zero-order valence-electron chi connectivity index (χ0n) is 27.1. The van der Waals surface area contributed by atoms with Crippen molar-refractivity contribution in [3.63, 3.8) is 0 Å². The van der Waals surface area contributed by atoms with Gasteiger partial charge in [0.05, 0.1) is 24.2 Å². The van der Waals surface area contributed by atoms with Crippen molar-refractivity contribution in [3.05, 3.63) is 52.7 Å². The lowest BCUT2D eigenvalue weighted by Gasteiger charge is -2.42. The summed E-state index contributed by atoms with van der Waals surface area (Å²) in [6.07, 6.45) is -22.7. The molecule has 280 valence electrons. The molecular weight excluding hydrogens is 684 g/mol. The van der Waals surface area contributed by atoms with Gasteiger partial charge in [0.25, 0.3) is 0 Å². The molecule has 10 N–H and O–H groups in total. The fraction of sp³-hybridized carbons (Fsp3) is 0.545. The lowest BCUT2D eigenvalue weighted by atomic mass is 9.98. The first kappa shape index (κ1) is 37.3. The number of aliphatic hydroxyl groups is 9. The quantitative estimate of drug-likeness (QED) is 0.114. The largest absolute Gasteiger partial charge is 0.508 e. The highest BCUT2D eigenvalue weighted by Crippen LogP contribution is 2.36. The molecular formula is C33H40O18. The van der Waals surface area contributed by atoms with E-state index in [-0.39, 0.29) is 33.8 Å². The molecule has 15 unspecified atom stereocenters. The number of phenolic OH excluding ortho intramolecular Hbond substituents is 1. The molecule has 1 aromatic heterocycles. The van der Waals surface area contributed by atoms with Gasteiger partial charge in [-0.25, -0.2) is 0 Å². The standard InChI is InChI=1S/C33H40O18/c1-11-19(35)23(39)26(42)31(46-11)45-10-18-22(38)25(41)28(44)33(50-18)51-30-21(37)16-8-7-15(48-32-27(43)24(40)20(36)12(2)47-32)9-17(16)49-29(30)13-3-5-14(34)6-4-13/h3-9,11-12,18-20,22-28,31-36,38-44H,10H2,1-2H3. The summed E-state index contributed by atoms with van der Waals surface area (Å²) in [4.78, 5) is 14.0. The summed E-state index contributed by atoms with van der Waals surface area (Å²) in [6, 6.07) is 9.39. The second kappa shape index (κ2) is 14.9. The second-order valence-electron chi connectivity index (χ2n) is 12.7. The first-order chi connectivity index (χ1) is 24.2. The SMILES string of the molecule is CC1OC(OCC2OC(Oc3c(-c4ccc(O)cc4)oc4cc(OC5OC(C)C(O)C(O)C5O)ccc4c3=O)C(O)C(O)C2O)C(O)C(O)C1O. The molecule has 0 saturated carbocycles. The first-order valence-electron chi connectivity index (χ1n) is 16.1. The van der Waals surface area contributed by atoms with Crippen LogP contribution in [0.5, 0.6) is 17.2 Å². The Morgan fingerprint density at radius 1 is 0.627 bits per heavy atom. The van der Waals surface area contributed by atoms with Gasteiger partial charge in [0.2, 0.25) is 23.8 Å². The van der Waals surface area contributed by atoms with E-state index >= 15 is 0 Å². The van der Waals surface area contributed by atoms with Crippen LogP contribution < -0.4 is 14.9 Å². The van der Waals surface area contributed by atoms with E-state index in [9.17, 15) is 55.9 Å². The van der Waals surface area contributed by atoms with E-state index in [1.54, 1.807) is 0 Å². The highest BCUT2D eigenvalue weighted by atomic mass is 16.7. The van der Waals surface area contributed by atoms with Gasteiger partial charge in [0.15, 0.2) is 12.1 Å². The van der Waals surface area contributed by atoms with Gasteiger partial charge in [-0.3, -0.25) is 4.79 Å². The minimum atomic E-state index is -1.92. The molecule has 3 fully saturated rings. The number of phenols is 1. The van der Waals surface area contributed by atoms with Crippen molar-refractivity contribution < 1.29 is 83.9 Å². The number of aromatic hydroxyl groups is 1. The van der Waals surface area contributed by atoms with E-state index in [1.807, 2.05) is 0 Å². The molecule has 3 aliphatic rings. The molecule has 18 nitrogen and oxygen atoms in total. The molecule has 2 aromatic carbocycles.